The van der Waals surface area contributed by atoms with Crippen LogP contribution in [0.15, 0.2) is 36.4 Å². The Hall–Kier alpha value is -3.02. The molecule has 1 atom stereocenters. The molecule has 0 radical (unpaired) electrons. The van der Waals surface area contributed by atoms with E-state index in [0.29, 0.717) is 30.3 Å². The molecule has 0 saturated carbocycles. The highest BCUT2D eigenvalue weighted by atomic mass is 16.6. The van der Waals surface area contributed by atoms with Gasteiger partial charge in [-0.25, -0.2) is 4.79 Å². The predicted octanol–water partition coefficient (Wildman–Crippen LogP) is 3.37. The number of carbonyl (C=O) groups excluding carboxylic acids is 2. The molecule has 4 rings (SSSR count). The molecule has 0 spiro atoms. The Morgan fingerprint density at radius 2 is 1.76 bits per heavy atom. The summed E-state index contributed by atoms with van der Waals surface area (Å²) >= 11 is 0. The van der Waals surface area contributed by atoms with Gasteiger partial charge in [0.15, 0.2) is 18.1 Å². The summed E-state index contributed by atoms with van der Waals surface area (Å²) in [5.74, 6) is 0.209. The fourth-order valence-electron chi connectivity index (χ4n) is 3.77. The minimum atomic E-state index is -0.571. The molecule has 6 nitrogen and oxygen atoms in total. The van der Waals surface area contributed by atoms with Crippen molar-refractivity contribution in [2.24, 2.45) is 0 Å². The highest BCUT2D eigenvalue weighted by molar-refractivity contribution is 5.92. The van der Waals surface area contributed by atoms with Crippen LogP contribution in [0.3, 0.4) is 0 Å². The fraction of sp³-hybridized carbons (Fsp3) is 0.391. The zero-order valence-corrected chi connectivity index (χ0v) is 16.5. The maximum atomic E-state index is 12.3. The van der Waals surface area contributed by atoms with Crippen molar-refractivity contribution >= 4 is 11.9 Å². The number of fused-ring (bicyclic) bond motifs is 2. The molecule has 1 heterocycles. The number of esters is 1. The first kappa shape index (κ1) is 19.3. The molecule has 2 aromatic carbocycles. The van der Waals surface area contributed by atoms with Crippen molar-refractivity contribution in [3.8, 4) is 11.5 Å². The van der Waals surface area contributed by atoms with E-state index in [4.69, 9.17) is 14.2 Å². The number of aryl methyl sites for hydroxylation is 2. The van der Waals surface area contributed by atoms with Gasteiger partial charge in [-0.2, -0.15) is 0 Å². The predicted molar refractivity (Wildman–Crippen MR) is 107 cm³/mol. The average molecular weight is 395 g/mol. The van der Waals surface area contributed by atoms with Crippen LogP contribution in [0.1, 0.15) is 52.9 Å². The minimum absolute atomic E-state index is 0.150. The molecular weight excluding hydrogens is 370 g/mol. The van der Waals surface area contributed by atoms with E-state index >= 15 is 0 Å². The average Bonchev–Trinajstić information content (AvgIpc) is 2.76. The lowest BCUT2D eigenvalue weighted by Crippen LogP contribution is -2.31. The first-order valence-electron chi connectivity index (χ1n) is 10.1. The molecule has 2 aromatic rings. The van der Waals surface area contributed by atoms with E-state index < -0.39 is 5.97 Å². The lowest BCUT2D eigenvalue weighted by atomic mass is 9.89. The monoisotopic (exact) mass is 395 g/mol. The molecule has 2 aliphatic rings. The topological polar surface area (TPSA) is 73.9 Å². The molecule has 6 heteroatoms. The van der Waals surface area contributed by atoms with Gasteiger partial charge in [-0.05, 0) is 67.5 Å². The summed E-state index contributed by atoms with van der Waals surface area (Å²) in [6, 6.07) is 11.1. The highest BCUT2D eigenvalue weighted by Gasteiger charge is 2.18. The Morgan fingerprint density at radius 3 is 2.59 bits per heavy atom. The second-order valence-corrected chi connectivity index (χ2v) is 7.46. The number of hydrogen-bond donors (Lipinski definition) is 1. The van der Waals surface area contributed by atoms with Crippen LogP contribution in [-0.2, 0) is 22.4 Å². The largest absolute Gasteiger partial charge is 0.486 e. The third kappa shape index (κ3) is 4.53. The Bertz CT molecular complexity index is 923. The van der Waals surface area contributed by atoms with E-state index in [2.05, 4.69) is 23.5 Å². The van der Waals surface area contributed by atoms with Crippen molar-refractivity contribution < 1.29 is 23.8 Å². The summed E-state index contributed by atoms with van der Waals surface area (Å²) in [5.41, 5.74) is 4.17. The Balaban J connectivity index is 1.31. The van der Waals surface area contributed by atoms with Gasteiger partial charge in [0.25, 0.3) is 5.91 Å². The van der Waals surface area contributed by atoms with Crippen LogP contribution < -0.4 is 14.8 Å². The molecule has 0 aromatic heterocycles. The number of nitrogens with one attached hydrogen (secondary N) is 1. The van der Waals surface area contributed by atoms with Crippen LogP contribution in [0.5, 0.6) is 11.5 Å². The van der Waals surface area contributed by atoms with Crippen molar-refractivity contribution in [2.75, 3.05) is 19.8 Å². The fourth-order valence-corrected chi connectivity index (χ4v) is 3.77. The Labute approximate surface area is 170 Å². The quantitative estimate of drug-likeness (QED) is 0.786. The number of carbonyl (C=O) groups is 2. The van der Waals surface area contributed by atoms with Gasteiger partial charge in [0, 0.05) is 0 Å². The van der Waals surface area contributed by atoms with Crippen molar-refractivity contribution in [3.63, 3.8) is 0 Å². The summed E-state index contributed by atoms with van der Waals surface area (Å²) in [7, 11) is 0. The van der Waals surface area contributed by atoms with Gasteiger partial charge in [-0.15, -0.1) is 0 Å². The number of amides is 1. The van der Waals surface area contributed by atoms with Crippen LogP contribution in [0, 0.1) is 0 Å². The van der Waals surface area contributed by atoms with E-state index in [1.165, 1.54) is 24.0 Å². The normalized spacial score (nSPS) is 15.8. The molecule has 0 saturated heterocycles. The number of benzene rings is 2. The summed E-state index contributed by atoms with van der Waals surface area (Å²) in [6.45, 7) is 2.53. The lowest BCUT2D eigenvalue weighted by Gasteiger charge is -2.20. The van der Waals surface area contributed by atoms with Gasteiger partial charge >= 0.3 is 5.97 Å². The first-order valence-corrected chi connectivity index (χ1v) is 10.1. The highest BCUT2D eigenvalue weighted by Crippen LogP contribution is 2.31. The molecular formula is C23H25NO5. The number of ether oxygens (including phenoxy) is 3. The maximum absolute atomic E-state index is 12.3. The first-order chi connectivity index (χ1) is 14.1. The van der Waals surface area contributed by atoms with Crippen LogP contribution >= 0.6 is 0 Å². The Kier molecular flexibility index (Phi) is 5.69. The molecule has 29 heavy (non-hydrogen) atoms. The Morgan fingerprint density at radius 1 is 1.00 bits per heavy atom. The summed E-state index contributed by atoms with van der Waals surface area (Å²) < 4.78 is 16.1. The zero-order valence-electron chi connectivity index (χ0n) is 16.5. The third-order valence-corrected chi connectivity index (χ3v) is 5.36. The lowest BCUT2D eigenvalue weighted by molar-refractivity contribution is -0.124. The maximum Gasteiger partial charge on any atom is 0.338 e. The van der Waals surface area contributed by atoms with E-state index in [0.717, 1.165) is 18.4 Å². The zero-order chi connectivity index (χ0) is 20.2. The molecule has 0 bridgehead atoms. The van der Waals surface area contributed by atoms with Crippen LogP contribution in [0.25, 0.3) is 0 Å². The molecule has 1 amide bonds. The number of hydrogen-bond acceptors (Lipinski definition) is 5. The SMILES string of the molecule is C[C@H](NC(=O)COC(=O)c1ccc2c(c1)OCCO2)c1ccc2c(c1)CCCC2. The van der Waals surface area contributed by atoms with Gasteiger partial charge in [-0.3, -0.25) is 4.79 Å². The minimum Gasteiger partial charge on any atom is -0.486 e. The van der Waals surface area contributed by atoms with Gasteiger partial charge in [0.05, 0.1) is 11.6 Å². The number of rotatable bonds is 5. The second-order valence-electron chi connectivity index (χ2n) is 7.46. The third-order valence-electron chi connectivity index (χ3n) is 5.36. The summed E-state index contributed by atoms with van der Waals surface area (Å²) in [5, 5.41) is 2.90. The van der Waals surface area contributed by atoms with E-state index in [1.807, 2.05) is 6.92 Å². The molecule has 1 N–H and O–H groups in total. The van der Waals surface area contributed by atoms with E-state index in [1.54, 1.807) is 18.2 Å². The van der Waals surface area contributed by atoms with Crippen LogP contribution in [-0.4, -0.2) is 31.7 Å². The molecule has 152 valence electrons. The van der Waals surface area contributed by atoms with Crippen LogP contribution in [0.2, 0.25) is 0 Å². The molecule has 1 aliphatic heterocycles. The smallest absolute Gasteiger partial charge is 0.338 e. The van der Waals surface area contributed by atoms with Crippen LogP contribution in [0.4, 0.5) is 0 Å². The van der Waals surface area contributed by atoms with E-state index in [9.17, 15) is 9.59 Å². The van der Waals surface area contributed by atoms with Gasteiger partial charge < -0.3 is 19.5 Å². The summed E-state index contributed by atoms with van der Waals surface area (Å²) in [4.78, 5) is 24.5. The molecule has 0 fully saturated rings. The summed E-state index contributed by atoms with van der Waals surface area (Å²) in [6.07, 6.45) is 4.68. The standard InChI is InChI=1S/C23H25NO5/c1-15(17-7-6-16-4-2-3-5-18(16)12-17)24-22(25)14-29-23(26)19-8-9-20-21(13-19)28-11-10-27-20/h6-9,12-13,15H,2-5,10-11,14H2,1H3,(H,24,25)/t15-/m0/s1. The van der Waals surface area contributed by atoms with Crippen molar-refractivity contribution in [2.45, 2.75) is 38.6 Å². The van der Waals surface area contributed by atoms with Crippen molar-refractivity contribution in [1.29, 1.82) is 0 Å². The van der Waals surface area contributed by atoms with Crippen molar-refractivity contribution in [3.05, 3.63) is 58.7 Å². The van der Waals surface area contributed by atoms with Gasteiger partial charge in [-0.1, -0.05) is 18.2 Å². The van der Waals surface area contributed by atoms with Gasteiger partial charge in [0.2, 0.25) is 0 Å². The second kappa shape index (κ2) is 8.55. The molecule has 1 aliphatic carbocycles. The van der Waals surface area contributed by atoms with Gasteiger partial charge in [0.1, 0.15) is 13.2 Å². The molecule has 0 unspecified atom stereocenters. The van der Waals surface area contributed by atoms with Crippen molar-refractivity contribution in [1.82, 2.24) is 5.32 Å². The van der Waals surface area contributed by atoms with E-state index in [-0.39, 0.29) is 18.6 Å².